The molecule has 0 radical (unpaired) electrons. The highest BCUT2D eigenvalue weighted by Crippen LogP contribution is 2.20. The van der Waals surface area contributed by atoms with Crippen LogP contribution in [0.1, 0.15) is 5.56 Å². The second-order valence-electron chi connectivity index (χ2n) is 4.98. The fourth-order valence-corrected chi connectivity index (χ4v) is 2.21. The summed E-state index contributed by atoms with van der Waals surface area (Å²) in [4.78, 5) is 13.2. The minimum absolute atomic E-state index is 0.0525. The number of nitrogens with zero attached hydrogens (tertiary/aromatic N) is 4. The lowest BCUT2D eigenvalue weighted by Gasteiger charge is -2.09. The molecule has 7 nitrogen and oxygen atoms in total. The molecule has 0 aliphatic carbocycles. The number of benzene rings is 1. The number of anilines is 3. The number of nitrogens with one attached hydrogen (secondary N) is 2. The third-order valence-electron chi connectivity index (χ3n) is 3.39. The Morgan fingerprint density at radius 3 is 2.82 bits per heavy atom. The first kappa shape index (κ1) is 14.3. The molecular formula is C15H18N6O. The molecule has 0 saturated carbocycles. The number of fused-ring (bicyclic) bond motifs is 1. The van der Waals surface area contributed by atoms with Gasteiger partial charge in [0.1, 0.15) is 5.82 Å². The summed E-state index contributed by atoms with van der Waals surface area (Å²) in [6, 6.07) is 7.91. The first-order chi connectivity index (χ1) is 10.7. The molecule has 2 heterocycles. The molecule has 0 unspecified atom stereocenters. The lowest BCUT2D eigenvalue weighted by Crippen LogP contribution is -2.10. The number of hydrogen-bond acceptors (Lipinski definition) is 6. The third-order valence-corrected chi connectivity index (χ3v) is 3.39. The Labute approximate surface area is 128 Å². The predicted octanol–water partition coefficient (Wildman–Crippen LogP) is 1.82. The molecule has 3 aromatic rings. The van der Waals surface area contributed by atoms with E-state index in [2.05, 4.69) is 25.6 Å². The Hall–Kier alpha value is -2.67. The second-order valence-corrected chi connectivity index (χ2v) is 4.98. The van der Waals surface area contributed by atoms with Gasteiger partial charge in [0.15, 0.2) is 0 Å². The maximum atomic E-state index is 8.91. The SMILES string of the molecule is Cc1cnc(Nc2nc3ccccc3n2C)nc1NCCO. The van der Waals surface area contributed by atoms with Crippen molar-refractivity contribution >= 4 is 28.7 Å². The van der Waals surface area contributed by atoms with Crippen LogP contribution < -0.4 is 10.6 Å². The van der Waals surface area contributed by atoms with Gasteiger partial charge in [-0.25, -0.2) is 9.97 Å². The summed E-state index contributed by atoms with van der Waals surface area (Å²) >= 11 is 0. The Balaban J connectivity index is 1.89. The normalized spacial score (nSPS) is 10.9. The fourth-order valence-electron chi connectivity index (χ4n) is 2.21. The fraction of sp³-hybridized carbons (Fsp3) is 0.267. The van der Waals surface area contributed by atoms with Gasteiger partial charge < -0.3 is 15.0 Å². The maximum absolute atomic E-state index is 8.91. The highest BCUT2D eigenvalue weighted by molar-refractivity contribution is 5.79. The maximum Gasteiger partial charge on any atom is 0.231 e. The van der Waals surface area contributed by atoms with Gasteiger partial charge in [0.05, 0.1) is 17.6 Å². The topological polar surface area (TPSA) is 87.9 Å². The van der Waals surface area contributed by atoms with Crippen molar-refractivity contribution in [1.82, 2.24) is 19.5 Å². The first-order valence-electron chi connectivity index (χ1n) is 7.06. The first-order valence-corrected chi connectivity index (χ1v) is 7.06. The monoisotopic (exact) mass is 298 g/mol. The number of aromatic nitrogens is 4. The van der Waals surface area contributed by atoms with Crippen molar-refractivity contribution in [3.05, 3.63) is 36.0 Å². The molecule has 0 spiro atoms. The summed E-state index contributed by atoms with van der Waals surface area (Å²) in [6.45, 7) is 2.42. The van der Waals surface area contributed by atoms with Gasteiger partial charge in [-0.05, 0) is 19.1 Å². The van der Waals surface area contributed by atoms with Crippen molar-refractivity contribution in [1.29, 1.82) is 0 Å². The third kappa shape index (κ3) is 2.71. The molecule has 0 fully saturated rings. The van der Waals surface area contributed by atoms with Crippen molar-refractivity contribution in [3.8, 4) is 0 Å². The number of aryl methyl sites for hydroxylation is 2. The summed E-state index contributed by atoms with van der Waals surface area (Å²) < 4.78 is 1.96. The zero-order valence-electron chi connectivity index (χ0n) is 12.5. The average molecular weight is 298 g/mol. The average Bonchev–Trinajstić information content (AvgIpc) is 2.84. The van der Waals surface area contributed by atoms with Gasteiger partial charge in [-0.15, -0.1) is 0 Å². The van der Waals surface area contributed by atoms with Crippen LogP contribution in [0.4, 0.5) is 17.7 Å². The van der Waals surface area contributed by atoms with Crippen LogP contribution in [-0.4, -0.2) is 37.8 Å². The molecule has 1 aromatic carbocycles. The van der Waals surface area contributed by atoms with Crippen LogP contribution in [0.15, 0.2) is 30.5 Å². The zero-order chi connectivity index (χ0) is 15.5. The Bertz CT molecular complexity index is 798. The number of para-hydroxylation sites is 2. The van der Waals surface area contributed by atoms with Crippen LogP contribution in [0.3, 0.4) is 0 Å². The van der Waals surface area contributed by atoms with Crippen molar-refractivity contribution in [2.75, 3.05) is 23.8 Å². The van der Waals surface area contributed by atoms with Gasteiger partial charge in [0, 0.05) is 25.4 Å². The van der Waals surface area contributed by atoms with Gasteiger partial charge in [-0.2, -0.15) is 4.98 Å². The Kier molecular flexibility index (Phi) is 3.88. The number of aliphatic hydroxyl groups excluding tert-OH is 1. The van der Waals surface area contributed by atoms with Crippen molar-refractivity contribution in [2.45, 2.75) is 6.92 Å². The Morgan fingerprint density at radius 2 is 2.05 bits per heavy atom. The van der Waals surface area contributed by atoms with Crippen molar-refractivity contribution in [2.24, 2.45) is 7.05 Å². The zero-order valence-corrected chi connectivity index (χ0v) is 12.5. The standard InChI is InChI=1S/C15H18N6O/c1-10-9-17-14(19-13(10)16-7-8-22)20-15-18-11-5-3-4-6-12(11)21(15)2/h3-6,9,22H,7-8H2,1-2H3,(H2,16,17,18,19,20). The molecule has 0 bridgehead atoms. The number of hydrogen-bond donors (Lipinski definition) is 3. The van der Waals surface area contributed by atoms with Crippen LogP contribution in [0.5, 0.6) is 0 Å². The lowest BCUT2D eigenvalue weighted by molar-refractivity contribution is 0.311. The van der Waals surface area contributed by atoms with E-state index in [1.807, 2.05) is 42.8 Å². The number of imidazole rings is 1. The summed E-state index contributed by atoms with van der Waals surface area (Å²) in [7, 11) is 1.94. The van der Waals surface area contributed by atoms with Crippen molar-refractivity contribution < 1.29 is 5.11 Å². The molecule has 0 aliphatic rings. The predicted molar refractivity (Wildman–Crippen MR) is 86.3 cm³/mol. The molecule has 3 rings (SSSR count). The van der Waals surface area contributed by atoms with Gasteiger partial charge in [0.2, 0.25) is 11.9 Å². The minimum atomic E-state index is 0.0525. The van der Waals surface area contributed by atoms with Gasteiger partial charge in [-0.1, -0.05) is 12.1 Å². The van der Waals surface area contributed by atoms with E-state index in [0.717, 1.165) is 16.6 Å². The molecule has 3 N–H and O–H groups in total. The summed E-state index contributed by atoms with van der Waals surface area (Å²) in [5.41, 5.74) is 2.87. The molecule has 22 heavy (non-hydrogen) atoms. The second kappa shape index (κ2) is 5.98. The molecule has 2 aromatic heterocycles. The van der Waals surface area contributed by atoms with Crippen LogP contribution in [0.2, 0.25) is 0 Å². The molecule has 0 aliphatic heterocycles. The van der Waals surface area contributed by atoms with Crippen LogP contribution in [0, 0.1) is 6.92 Å². The number of aliphatic hydroxyl groups is 1. The minimum Gasteiger partial charge on any atom is -0.395 e. The van der Waals surface area contributed by atoms with Crippen LogP contribution in [0.25, 0.3) is 11.0 Å². The Morgan fingerprint density at radius 1 is 1.23 bits per heavy atom. The number of rotatable bonds is 5. The van der Waals surface area contributed by atoms with E-state index in [1.165, 1.54) is 0 Å². The quantitative estimate of drug-likeness (QED) is 0.666. The van der Waals surface area contributed by atoms with E-state index in [0.29, 0.717) is 24.3 Å². The van der Waals surface area contributed by atoms with Gasteiger partial charge in [0.25, 0.3) is 0 Å². The van der Waals surface area contributed by atoms with Gasteiger partial charge in [-0.3, -0.25) is 5.32 Å². The van der Waals surface area contributed by atoms with Crippen molar-refractivity contribution in [3.63, 3.8) is 0 Å². The summed E-state index contributed by atoms with van der Waals surface area (Å²) in [6.07, 6.45) is 1.73. The van der Waals surface area contributed by atoms with E-state index in [4.69, 9.17) is 5.11 Å². The smallest absolute Gasteiger partial charge is 0.231 e. The summed E-state index contributed by atoms with van der Waals surface area (Å²) in [5.74, 6) is 1.84. The molecule has 0 atom stereocenters. The lowest BCUT2D eigenvalue weighted by atomic mass is 10.3. The molecular weight excluding hydrogens is 280 g/mol. The largest absolute Gasteiger partial charge is 0.395 e. The molecule has 7 heteroatoms. The van der Waals surface area contributed by atoms with E-state index >= 15 is 0 Å². The molecule has 114 valence electrons. The summed E-state index contributed by atoms with van der Waals surface area (Å²) in [5, 5.41) is 15.1. The van der Waals surface area contributed by atoms with Crippen LogP contribution in [-0.2, 0) is 7.05 Å². The van der Waals surface area contributed by atoms with E-state index in [1.54, 1.807) is 6.20 Å². The van der Waals surface area contributed by atoms with Gasteiger partial charge >= 0.3 is 0 Å². The highest BCUT2D eigenvalue weighted by atomic mass is 16.3. The molecule has 0 amide bonds. The van der Waals surface area contributed by atoms with E-state index in [-0.39, 0.29) is 6.61 Å². The highest BCUT2D eigenvalue weighted by Gasteiger charge is 2.09. The van der Waals surface area contributed by atoms with Crippen LogP contribution >= 0.6 is 0 Å². The van der Waals surface area contributed by atoms with E-state index < -0.39 is 0 Å². The van der Waals surface area contributed by atoms with E-state index in [9.17, 15) is 0 Å². The molecule has 0 saturated heterocycles.